The maximum atomic E-state index is 12.1. The topological polar surface area (TPSA) is 62.2 Å². The van der Waals surface area contributed by atoms with E-state index in [1.807, 2.05) is 35.5 Å². The molecule has 2 amide bonds. The summed E-state index contributed by atoms with van der Waals surface area (Å²) in [6, 6.07) is 6.09. The van der Waals surface area contributed by atoms with Crippen LogP contribution in [0.5, 0.6) is 0 Å². The van der Waals surface area contributed by atoms with Crippen LogP contribution in [0.15, 0.2) is 36.9 Å². The molecule has 0 unspecified atom stereocenters. The number of rotatable bonds is 6. The van der Waals surface area contributed by atoms with Crippen LogP contribution in [-0.2, 0) is 6.54 Å². The zero-order valence-corrected chi connectivity index (χ0v) is 15.4. The van der Waals surface area contributed by atoms with E-state index in [9.17, 15) is 4.79 Å². The Bertz CT molecular complexity index is 683. The smallest absolute Gasteiger partial charge is 0.319 e. The first-order chi connectivity index (χ1) is 12.2. The number of aromatic nitrogens is 2. The van der Waals surface area contributed by atoms with Crippen LogP contribution in [0, 0.1) is 6.92 Å². The Balaban J connectivity index is 1.45. The number of hydrogen-bond donors (Lipinski definition) is 2. The van der Waals surface area contributed by atoms with Crippen LogP contribution < -0.4 is 15.5 Å². The molecule has 0 spiro atoms. The number of thioether (sulfide) groups is 1. The number of nitrogens with zero attached hydrogens (tertiary/aromatic N) is 3. The lowest BCUT2D eigenvalue weighted by molar-refractivity contribution is 0.252. The van der Waals surface area contributed by atoms with Crippen molar-refractivity contribution in [1.82, 2.24) is 14.9 Å². The quantitative estimate of drug-likeness (QED) is 0.779. The van der Waals surface area contributed by atoms with Gasteiger partial charge in [0.15, 0.2) is 0 Å². The number of hydrogen-bond acceptors (Lipinski definition) is 4. The number of nitrogens with one attached hydrogen (secondary N) is 2. The average molecular weight is 359 g/mol. The van der Waals surface area contributed by atoms with Gasteiger partial charge in [-0.05, 0) is 37.1 Å². The predicted octanol–water partition coefficient (Wildman–Crippen LogP) is 2.96. The van der Waals surface area contributed by atoms with Gasteiger partial charge in [-0.3, -0.25) is 0 Å². The second kappa shape index (κ2) is 8.80. The molecule has 2 heterocycles. The van der Waals surface area contributed by atoms with Crippen LogP contribution in [0.25, 0.3) is 0 Å². The molecule has 134 valence electrons. The van der Waals surface area contributed by atoms with Gasteiger partial charge in [0.1, 0.15) is 0 Å². The highest BCUT2D eigenvalue weighted by Gasteiger charge is 2.12. The molecule has 1 aromatic carbocycles. The number of carbonyl (C=O) groups excluding carboxylic acids is 1. The third-order valence-electron chi connectivity index (χ3n) is 4.27. The van der Waals surface area contributed by atoms with E-state index in [1.54, 1.807) is 12.5 Å². The molecule has 3 rings (SSSR count). The molecule has 0 saturated carbocycles. The molecule has 0 atom stereocenters. The SMILES string of the molecule is Cc1cc(N2CCSCC2)ccc1NC(=O)NCCCn1ccnc1. The molecular weight excluding hydrogens is 334 g/mol. The monoisotopic (exact) mass is 359 g/mol. The lowest BCUT2D eigenvalue weighted by Gasteiger charge is -2.29. The molecule has 6 nitrogen and oxygen atoms in total. The van der Waals surface area contributed by atoms with E-state index in [0.717, 1.165) is 37.3 Å². The molecule has 1 saturated heterocycles. The minimum atomic E-state index is -0.157. The number of benzene rings is 1. The van der Waals surface area contributed by atoms with Crippen molar-refractivity contribution in [2.45, 2.75) is 19.9 Å². The van der Waals surface area contributed by atoms with Crippen LogP contribution in [0.4, 0.5) is 16.2 Å². The minimum absolute atomic E-state index is 0.157. The molecule has 7 heteroatoms. The highest BCUT2D eigenvalue weighted by Crippen LogP contribution is 2.24. The van der Waals surface area contributed by atoms with Crippen molar-refractivity contribution in [3.63, 3.8) is 0 Å². The standard InChI is InChI=1S/C18H25N5OS/c1-15-13-16(23-9-11-25-12-10-23)3-4-17(15)21-18(24)20-5-2-7-22-8-6-19-14-22/h3-4,6,8,13-14H,2,5,7,9-12H2,1H3,(H2,20,21,24). The zero-order chi connectivity index (χ0) is 17.5. The van der Waals surface area contributed by atoms with Gasteiger partial charge in [0, 0.05) is 61.5 Å². The molecular formula is C18H25N5OS. The summed E-state index contributed by atoms with van der Waals surface area (Å²) in [4.78, 5) is 18.5. The Kier molecular flexibility index (Phi) is 6.22. The van der Waals surface area contributed by atoms with Crippen LogP contribution in [-0.4, -0.2) is 46.7 Å². The molecule has 0 bridgehead atoms. The fraction of sp³-hybridized carbons (Fsp3) is 0.444. The van der Waals surface area contributed by atoms with Gasteiger partial charge in [0.05, 0.1) is 6.33 Å². The van der Waals surface area contributed by atoms with Gasteiger partial charge < -0.3 is 20.1 Å². The fourth-order valence-electron chi connectivity index (χ4n) is 2.86. The van der Waals surface area contributed by atoms with E-state index in [2.05, 4.69) is 32.7 Å². The lowest BCUT2D eigenvalue weighted by Crippen LogP contribution is -2.32. The summed E-state index contributed by atoms with van der Waals surface area (Å²) in [7, 11) is 0. The summed E-state index contributed by atoms with van der Waals surface area (Å²) in [6.45, 7) is 5.70. The van der Waals surface area contributed by atoms with Crippen LogP contribution in [0.2, 0.25) is 0 Å². The van der Waals surface area contributed by atoms with Crippen molar-refractivity contribution in [2.75, 3.05) is 41.4 Å². The maximum Gasteiger partial charge on any atom is 0.319 e. The molecule has 1 aliphatic rings. The molecule has 1 fully saturated rings. The molecule has 2 aromatic rings. The van der Waals surface area contributed by atoms with Crippen LogP contribution in [0.1, 0.15) is 12.0 Å². The highest BCUT2D eigenvalue weighted by molar-refractivity contribution is 7.99. The first kappa shape index (κ1) is 17.7. The van der Waals surface area contributed by atoms with E-state index < -0.39 is 0 Å². The molecule has 0 aliphatic carbocycles. The zero-order valence-electron chi connectivity index (χ0n) is 14.6. The number of carbonyl (C=O) groups is 1. The van der Waals surface area contributed by atoms with E-state index in [4.69, 9.17) is 0 Å². The Morgan fingerprint density at radius 3 is 2.88 bits per heavy atom. The Labute approximate surface area is 153 Å². The Hall–Kier alpha value is -2.15. The number of aryl methyl sites for hydroxylation is 2. The lowest BCUT2D eigenvalue weighted by atomic mass is 10.1. The number of urea groups is 1. The number of anilines is 2. The number of amides is 2. The van der Waals surface area contributed by atoms with Crippen molar-refractivity contribution in [3.8, 4) is 0 Å². The van der Waals surface area contributed by atoms with Crippen molar-refractivity contribution in [1.29, 1.82) is 0 Å². The van der Waals surface area contributed by atoms with Gasteiger partial charge in [-0.1, -0.05) is 0 Å². The Morgan fingerprint density at radius 1 is 1.32 bits per heavy atom. The summed E-state index contributed by atoms with van der Waals surface area (Å²) in [5, 5.41) is 5.84. The largest absolute Gasteiger partial charge is 0.370 e. The second-order valence-electron chi connectivity index (χ2n) is 6.13. The second-order valence-corrected chi connectivity index (χ2v) is 7.36. The van der Waals surface area contributed by atoms with Crippen molar-refractivity contribution in [3.05, 3.63) is 42.5 Å². The third-order valence-corrected chi connectivity index (χ3v) is 5.21. The summed E-state index contributed by atoms with van der Waals surface area (Å²) < 4.78 is 2.00. The highest BCUT2D eigenvalue weighted by atomic mass is 32.2. The average Bonchev–Trinajstić information content (AvgIpc) is 3.15. The summed E-state index contributed by atoms with van der Waals surface area (Å²) in [6.07, 6.45) is 6.34. The van der Waals surface area contributed by atoms with Crippen molar-refractivity contribution in [2.24, 2.45) is 0 Å². The van der Waals surface area contributed by atoms with Gasteiger partial charge in [-0.15, -0.1) is 0 Å². The maximum absolute atomic E-state index is 12.1. The number of imidazole rings is 1. The van der Waals surface area contributed by atoms with Crippen LogP contribution in [0.3, 0.4) is 0 Å². The van der Waals surface area contributed by atoms with Gasteiger partial charge in [0.2, 0.25) is 0 Å². The van der Waals surface area contributed by atoms with Crippen molar-refractivity contribution < 1.29 is 4.79 Å². The van der Waals surface area contributed by atoms with Crippen LogP contribution >= 0.6 is 11.8 Å². The molecule has 25 heavy (non-hydrogen) atoms. The first-order valence-corrected chi connectivity index (χ1v) is 9.82. The first-order valence-electron chi connectivity index (χ1n) is 8.66. The normalized spacial score (nSPS) is 14.4. The third kappa shape index (κ3) is 5.16. The van der Waals surface area contributed by atoms with E-state index in [1.165, 1.54) is 17.2 Å². The predicted molar refractivity (Wildman–Crippen MR) is 105 cm³/mol. The summed E-state index contributed by atoms with van der Waals surface area (Å²) >= 11 is 2.01. The van der Waals surface area contributed by atoms with E-state index in [0.29, 0.717) is 6.54 Å². The van der Waals surface area contributed by atoms with Gasteiger partial charge in [-0.25, -0.2) is 9.78 Å². The molecule has 1 aliphatic heterocycles. The summed E-state index contributed by atoms with van der Waals surface area (Å²) in [5.74, 6) is 2.36. The molecule has 0 radical (unpaired) electrons. The van der Waals surface area contributed by atoms with Gasteiger partial charge in [0.25, 0.3) is 0 Å². The minimum Gasteiger partial charge on any atom is -0.370 e. The Morgan fingerprint density at radius 2 is 2.16 bits per heavy atom. The van der Waals surface area contributed by atoms with E-state index in [-0.39, 0.29) is 6.03 Å². The summed E-state index contributed by atoms with van der Waals surface area (Å²) in [5.41, 5.74) is 3.19. The van der Waals surface area contributed by atoms with Gasteiger partial charge >= 0.3 is 6.03 Å². The molecule has 2 N–H and O–H groups in total. The fourth-order valence-corrected chi connectivity index (χ4v) is 3.76. The van der Waals surface area contributed by atoms with Crippen molar-refractivity contribution >= 4 is 29.2 Å². The van der Waals surface area contributed by atoms with E-state index >= 15 is 0 Å². The van der Waals surface area contributed by atoms with Gasteiger partial charge in [-0.2, -0.15) is 11.8 Å². The molecule has 1 aromatic heterocycles.